The van der Waals surface area contributed by atoms with Gasteiger partial charge in [-0.2, -0.15) is 0 Å². The average molecular weight is 340 g/mol. The van der Waals surface area contributed by atoms with E-state index in [4.69, 9.17) is 9.47 Å². The molecule has 2 aromatic rings. The van der Waals surface area contributed by atoms with Crippen LogP contribution in [0, 0.1) is 0 Å². The second-order valence-corrected chi connectivity index (χ2v) is 5.68. The topological polar surface area (TPSA) is 67.9 Å². The van der Waals surface area contributed by atoms with Crippen LogP contribution in [0.2, 0.25) is 0 Å². The quantitative estimate of drug-likeness (QED) is 0.909. The van der Waals surface area contributed by atoms with E-state index in [1.807, 2.05) is 25.1 Å². The van der Waals surface area contributed by atoms with Crippen molar-refractivity contribution in [2.24, 2.45) is 0 Å². The summed E-state index contributed by atoms with van der Waals surface area (Å²) in [6, 6.07) is 14.3. The molecule has 1 atom stereocenters. The maximum atomic E-state index is 13.0. The zero-order chi connectivity index (χ0) is 17.8. The Balaban J connectivity index is 1.84. The number of fused-ring (bicyclic) bond motifs is 1. The summed E-state index contributed by atoms with van der Waals surface area (Å²) in [6.07, 6.45) is -0.206. The number of rotatable bonds is 5. The first-order valence-corrected chi connectivity index (χ1v) is 8.13. The molecule has 2 aromatic carbocycles. The SMILES string of the molecule is CC[C@@H](Oc1cccc(OC)c1)C(=O)N1CC(=O)Nc2ccccc21. The molecule has 25 heavy (non-hydrogen) atoms. The Morgan fingerprint density at radius 2 is 1.96 bits per heavy atom. The van der Waals surface area contributed by atoms with Gasteiger partial charge in [0.05, 0.1) is 18.5 Å². The van der Waals surface area contributed by atoms with Gasteiger partial charge in [0, 0.05) is 6.07 Å². The Bertz CT molecular complexity index is 790. The second kappa shape index (κ2) is 7.25. The van der Waals surface area contributed by atoms with Crippen molar-refractivity contribution in [3.63, 3.8) is 0 Å². The van der Waals surface area contributed by atoms with E-state index in [0.717, 1.165) is 0 Å². The summed E-state index contributed by atoms with van der Waals surface area (Å²) in [5.74, 6) is 0.743. The molecule has 0 radical (unpaired) electrons. The van der Waals surface area contributed by atoms with Gasteiger partial charge in [-0.1, -0.05) is 25.1 Å². The molecular formula is C19H20N2O4. The third-order valence-corrected chi connectivity index (χ3v) is 4.00. The number of anilines is 2. The van der Waals surface area contributed by atoms with Crippen molar-refractivity contribution in [3.8, 4) is 11.5 Å². The molecule has 0 unspecified atom stereocenters. The van der Waals surface area contributed by atoms with Gasteiger partial charge in [-0.3, -0.25) is 14.5 Å². The molecule has 2 amide bonds. The first kappa shape index (κ1) is 16.8. The zero-order valence-electron chi connectivity index (χ0n) is 14.2. The van der Waals surface area contributed by atoms with Crippen molar-refractivity contribution < 1.29 is 19.1 Å². The van der Waals surface area contributed by atoms with E-state index < -0.39 is 6.10 Å². The van der Waals surface area contributed by atoms with Crippen molar-refractivity contribution in [2.75, 3.05) is 23.9 Å². The first-order chi connectivity index (χ1) is 12.1. The summed E-state index contributed by atoms with van der Waals surface area (Å²) in [6.45, 7) is 1.85. The van der Waals surface area contributed by atoms with Crippen molar-refractivity contribution >= 4 is 23.2 Å². The van der Waals surface area contributed by atoms with Crippen LogP contribution in [0.4, 0.5) is 11.4 Å². The number of nitrogens with zero attached hydrogens (tertiary/aromatic N) is 1. The minimum Gasteiger partial charge on any atom is -0.497 e. The lowest BCUT2D eigenvalue weighted by atomic mass is 10.1. The van der Waals surface area contributed by atoms with Crippen LogP contribution < -0.4 is 19.7 Å². The fourth-order valence-corrected chi connectivity index (χ4v) is 2.75. The molecule has 0 aromatic heterocycles. The summed E-state index contributed by atoms with van der Waals surface area (Å²) in [5, 5.41) is 2.78. The van der Waals surface area contributed by atoms with Crippen LogP contribution in [0.25, 0.3) is 0 Å². The molecular weight excluding hydrogens is 320 g/mol. The first-order valence-electron chi connectivity index (χ1n) is 8.13. The van der Waals surface area contributed by atoms with Crippen LogP contribution >= 0.6 is 0 Å². The lowest BCUT2D eigenvalue weighted by Crippen LogP contribution is -2.48. The van der Waals surface area contributed by atoms with Crippen molar-refractivity contribution in [2.45, 2.75) is 19.4 Å². The number of hydrogen-bond acceptors (Lipinski definition) is 4. The predicted molar refractivity (Wildman–Crippen MR) is 95.1 cm³/mol. The van der Waals surface area contributed by atoms with Gasteiger partial charge in [0.25, 0.3) is 5.91 Å². The molecule has 0 fully saturated rings. The number of carbonyl (C=O) groups is 2. The minimum absolute atomic E-state index is 0.0200. The molecule has 0 aliphatic carbocycles. The summed E-state index contributed by atoms with van der Waals surface area (Å²) in [7, 11) is 1.57. The third-order valence-electron chi connectivity index (χ3n) is 4.00. The largest absolute Gasteiger partial charge is 0.497 e. The lowest BCUT2D eigenvalue weighted by Gasteiger charge is -2.31. The number of hydrogen-bond donors (Lipinski definition) is 1. The monoisotopic (exact) mass is 340 g/mol. The normalized spacial score (nSPS) is 14.3. The number of ether oxygens (including phenoxy) is 2. The molecule has 0 saturated heterocycles. The number of benzene rings is 2. The molecule has 3 rings (SSSR count). The van der Waals surface area contributed by atoms with Crippen LogP contribution in [0.1, 0.15) is 13.3 Å². The highest BCUT2D eigenvalue weighted by Gasteiger charge is 2.31. The summed E-state index contributed by atoms with van der Waals surface area (Å²) >= 11 is 0. The summed E-state index contributed by atoms with van der Waals surface area (Å²) < 4.78 is 11.0. The van der Waals surface area contributed by atoms with Gasteiger partial charge in [0.2, 0.25) is 5.91 Å². The minimum atomic E-state index is -0.689. The van der Waals surface area contributed by atoms with Gasteiger partial charge in [-0.15, -0.1) is 0 Å². The van der Waals surface area contributed by atoms with Crippen LogP contribution in [-0.2, 0) is 9.59 Å². The molecule has 6 heteroatoms. The lowest BCUT2D eigenvalue weighted by molar-refractivity contribution is -0.127. The molecule has 0 saturated carbocycles. The Morgan fingerprint density at radius 3 is 2.72 bits per heavy atom. The fraction of sp³-hybridized carbons (Fsp3) is 0.263. The van der Waals surface area contributed by atoms with Crippen LogP contribution in [0.5, 0.6) is 11.5 Å². The molecule has 1 N–H and O–H groups in total. The van der Waals surface area contributed by atoms with Gasteiger partial charge in [-0.25, -0.2) is 0 Å². The molecule has 1 aliphatic heterocycles. The predicted octanol–water partition coefficient (Wildman–Crippen LogP) is 2.84. The molecule has 1 heterocycles. The van der Waals surface area contributed by atoms with Crippen molar-refractivity contribution in [1.29, 1.82) is 0 Å². The van der Waals surface area contributed by atoms with Crippen molar-refractivity contribution in [3.05, 3.63) is 48.5 Å². The highest BCUT2D eigenvalue weighted by molar-refractivity contribution is 6.11. The summed E-state index contributed by atoms with van der Waals surface area (Å²) in [4.78, 5) is 26.4. The number of para-hydroxylation sites is 2. The molecule has 1 aliphatic rings. The van der Waals surface area contributed by atoms with E-state index in [9.17, 15) is 9.59 Å². The van der Waals surface area contributed by atoms with Gasteiger partial charge in [0.15, 0.2) is 6.10 Å². The maximum Gasteiger partial charge on any atom is 0.268 e. The summed E-state index contributed by atoms with van der Waals surface area (Å²) in [5.41, 5.74) is 1.31. The number of nitrogens with one attached hydrogen (secondary N) is 1. The van der Waals surface area contributed by atoms with Gasteiger partial charge in [-0.05, 0) is 30.7 Å². The Labute approximate surface area is 146 Å². The second-order valence-electron chi connectivity index (χ2n) is 5.68. The van der Waals surface area contributed by atoms with E-state index in [0.29, 0.717) is 29.3 Å². The number of amides is 2. The highest BCUT2D eigenvalue weighted by atomic mass is 16.5. The molecule has 6 nitrogen and oxygen atoms in total. The van der Waals surface area contributed by atoms with E-state index in [2.05, 4.69) is 5.32 Å². The Hall–Kier alpha value is -3.02. The fourth-order valence-electron chi connectivity index (χ4n) is 2.75. The van der Waals surface area contributed by atoms with Gasteiger partial charge < -0.3 is 14.8 Å². The van der Waals surface area contributed by atoms with E-state index in [1.165, 1.54) is 4.90 Å². The van der Waals surface area contributed by atoms with E-state index in [-0.39, 0.29) is 18.4 Å². The van der Waals surface area contributed by atoms with Crippen LogP contribution in [0.3, 0.4) is 0 Å². The van der Waals surface area contributed by atoms with Gasteiger partial charge in [0.1, 0.15) is 18.0 Å². The molecule has 130 valence electrons. The van der Waals surface area contributed by atoms with Crippen LogP contribution in [-0.4, -0.2) is 31.6 Å². The third kappa shape index (κ3) is 3.57. The number of carbonyl (C=O) groups excluding carboxylic acids is 2. The van der Waals surface area contributed by atoms with Gasteiger partial charge >= 0.3 is 0 Å². The van der Waals surface area contributed by atoms with E-state index >= 15 is 0 Å². The Kier molecular flexibility index (Phi) is 4.88. The maximum absolute atomic E-state index is 13.0. The molecule has 0 bridgehead atoms. The zero-order valence-corrected chi connectivity index (χ0v) is 14.2. The average Bonchev–Trinajstić information content (AvgIpc) is 2.65. The molecule has 0 spiro atoms. The smallest absolute Gasteiger partial charge is 0.268 e. The van der Waals surface area contributed by atoms with Crippen molar-refractivity contribution in [1.82, 2.24) is 0 Å². The standard InChI is InChI=1S/C19H20N2O4/c1-3-17(25-14-8-6-7-13(11-14)24-2)19(23)21-12-18(22)20-15-9-4-5-10-16(15)21/h4-11,17H,3,12H2,1-2H3,(H,20,22)/t17-/m1/s1. The van der Waals surface area contributed by atoms with Crippen LogP contribution in [0.15, 0.2) is 48.5 Å². The Morgan fingerprint density at radius 1 is 1.20 bits per heavy atom. The van der Waals surface area contributed by atoms with E-state index in [1.54, 1.807) is 37.4 Å². The number of methoxy groups -OCH3 is 1. The highest BCUT2D eigenvalue weighted by Crippen LogP contribution is 2.30.